The van der Waals surface area contributed by atoms with Gasteiger partial charge in [-0.2, -0.15) is 0 Å². The van der Waals surface area contributed by atoms with E-state index in [0.717, 1.165) is 28.3 Å². The van der Waals surface area contributed by atoms with Crippen molar-refractivity contribution in [1.29, 1.82) is 0 Å². The van der Waals surface area contributed by atoms with Crippen LogP contribution in [0.4, 0.5) is 0 Å². The summed E-state index contributed by atoms with van der Waals surface area (Å²) in [4.78, 5) is 22.9. The van der Waals surface area contributed by atoms with Gasteiger partial charge in [-0.15, -0.1) is 0 Å². The largest absolute Gasteiger partial charge is 0.453 e. The minimum atomic E-state index is -0.348. The van der Waals surface area contributed by atoms with E-state index in [-0.39, 0.29) is 18.0 Å². The van der Waals surface area contributed by atoms with E-state index < -0.39 is 0 Å². The zero-order chi connectivity index (χ0) is 17.8. The second kappa shape index (κ2) is 7.49. The molecule has 0 radical (unpaired) electrons. The third-order valence-corrected chi connectivity index (χ3v) is 4.30. The first-order chi connectivity index (χ1) is 12.1. The van der Waals surface area contributed by atoms with Crippen LogP contribution in [0.25, 0.3) is 16.8 Å². The topological polar surface area (TPSA) is 67.4 Å². The Kier molecular flexibility index (Phi) is 5.14. The van der Waals surface area contributed by atoms with E-state index in [0.29, 0.717) is 13.1 Å². The van der Waals surface area contributed by atoms with Crippen LogP contribution in [-0.4, -0.2) is 32.0 Å². The van der Waals surface area contributed by atoms with Gasteiger partial charge in [0.25, 0.3) is 0 Å². The maximum Gasteiger partial charge on any atom is 0.303 e. The maximum absolute atomic E-state index is 11.6. The highest BCUT2D eigenvalue weighted by Crippen LogP contribution is 2.37. The van der Waals surface area contributed by atoms with Crippen molar-refractivity contribution in [3.63, 3.8) is 0 Å². The second-order valence-electron chi connectivity index (χ2n) is 6.10. The van der Waals surface area contributed by atoms with Gasteiger partial charge < -0.3 is 15.4 Å². The van der Waals surface area contributed by atoms with E-state index in [2.05, 4.69) is 28.8 Å². The van der Waals surface area contributed by atoms with Crippen LogP contribution in [0, 0.1) is 0 Å². The molecule has 130 valence electrons. The molecule has 1 atom stereocenters. The van der Waals surface area contributed by atoms with E-state index in [1.807, 2.05) is 24.3 Å². The Morgan fingerprint density at radius 1 is 1.20 bits per heavy atom. The first-order valence-corrected chi connectivity index (χ1v) is 8.41. The van der Waals surface area contributed by atoms with Gasteiger partial charge in [0, 0.05) is 19.0 Å². The van der Waals surface area contributed by atoms with Gasteiger partial charge in [0.15, 0.2) is 0 Å². The number of nitrogens with one attached hydrogen (secondary N) is 2. The van der Waals surface area contributed by atoms with Crippen molar-refractivity contribution in [1.82, 2.24) is 10.6 Å². The lowest BCUT2D eigenvalue weighted by Gasteiger charge is -2.23. The van der Waals surface area contributed by atoms with Crippen molar-refractivity contribution >= 4 is 28.7 Å². The minimum absolute atomic E-state index is 0.0110. The van der Waals surface area contributed by atoms with Crippen LogP contribution in [0.5, 0.6) is 0 Å². The highest BCUT2D eigenvalue weighted by atomic mass is 16.5. The molecule has 1 aliphatic carbocycles. The lowest BCUT2D eigenvalue weighted by atomic mass is 9.87. The normalized spacial score (nSPS) is 15.2. The summed E-state index contributed by atoms with van der Waals surface area (Å²) in [7, 11) is 1.75. The predicted molar refractivity (Wildman–Crippen MR) is 98.1 cm³/mol. The number of amides is 1. The summed E-state index contributed by atoms with van der Waals surface area (Å²) in [6.45, 7) is 2.33. The Labute approximate surface area is 147 Å². The number of hydrogen-bond donors (Lipinski definition) is 2. The van der Waals surface area contributed by atoms with Crippen LogP contribution in [0.1, 0.15) is 29.7 Å². The number of rotatable bonds is 6. The summed E-state index contributed by atoms with van der Waals surface area (Å²) in [5.41, 5.74) is 3.31. The Balaban J connectivity index is 1.88. The zero-order valence-corrected chi connectivity index (χ0v) is 14.5. The first kappa shape index (κ1) is 17.2. The fourth-order valence-electron chi connectivity index (χ4n) is 3.25. The summed E-state index contributed by atoms with van der Waals surface area (Å²) in [5.74, 6) is -0.304. The quantitative estimate of drug-likeness (QED) is 0.794. The van der Waals surface area contributed by atoms with Crippen molar-refractivity contribution < 1.29 is 14.3 Å². The van der Waals surface area contributed by atoms with Crippen LogP contribution in [0.3, 0.4) is 0 Å². The van der Waals surface area contributed by atoms with E-state index >= 15 is 0 Å². The average molecular weight is 338 g/mol. The van der Waals surface area contributed by atoms with Gasteiger partial charge in [0.05, 0.1) is 6.54 Å². The molecule has 2 N–H and O–H groups in total. The molecular weight excluding hydrogens is 316 g/mol. The van der Waals surface area contributed by atoms with E-state index in [1.54, 1.807) is 7.05 Å². The predicted octanol–water partition coefficient (Wildman–Crippen LogP) is 2.35. The molecule has 3 rings (SSSR count). The van der Waals surface area contributed by atoms with Gasteiger partial charge in [0.1, 0.15) is 6.10 Å². The summed E-state index contributed by atoms with van der Waals surface area (Å²) >= 11 is 0. The molecule has 0 saturated heterocycles. The number of esters is 1. The van der Waals surface area contributed by atoms with Crippen LogP contribution < -0.4 is 10.6 Å². The molecule has 2 aromatic rings. The molecule has 1 unspecified atom stereocenters. The molecule has 0 fully saturated rings. The van der Waals surface area contributed by atoms with Crippen molar-refractivity contribution in [3.8, 4) is 0 Å². The van der Waals surface area contributed by atoms with Crippen LogP contribution in [-0.2, 0) is 20.7 Å². The van der Waals surface area contributed by atoms with E-state index in [1.165, 1.54) is 12.5 Å². The number of likely N-dealkylation sites (N-methyl/N-ethyl adjacent to an activating group) is 1. The summed E-state index contributed by atoms with van der Waals surface area (Å²) in [6, 6.07) is 10.2. The third kappa shape index (κ3) is 3.72. The molecule has 1 aliphatic rings. The lowest BCUT2D eigenvalue weighted by Crippen LogP contribution is -2.33. The van der Waals surface area contributed by atoms with E-state index in [9.17, 15) is 9.59 Å². The Morgan fingerprint density at radius 2 is 2.04 bits per heavy atom. The highest BCUT2D eigenvalue weighted by molar-refractivity contribution is 5.97. The Morgan fingerprint density at radius 3 is 2.80 bits per heavy atom. The molecule has 1 amide bonds. The molecule has 5 nitrogen and oxygen atoms in total. The number of carbonyl (C=O) groups excluding carboxylic acids is 2. The monoisotopic (exact) mass is 338 g/mol. The summed E-state index contributed by atoms with van der Waals surface area (Å²) < 4.78 is 5.43. The average Bonchev–Trinajstić information content (AvgIpc) is 2.58. The van der Waals surface area contributed by atoms with Gasteiger partial charge in [-0.3, -0.25) is 9.59 Å². The van der Waals surface area contributed by atoms with Crippen LogP contribution in [0.15, 0.2) is 36.4 Å². The highest BCUT2D eigenvalue weighted by Gasteiger charge is 2.21. The fraction of sp³-hybridized carbons (Fsp3) is 0.300. The standard InChI is InChI=1S/C20H22N2O3/c1-13(23)25-18-9-8-16-14(10-11-22-19(24)12-21-2)6-7-15-4-3-5-17(18)20(15)16/h3-9,18,21H,10-12H2,1-2H3,(H,22,24). The SMILES string of the molecule is CNCC(=O)NCCc1ccc2cccc3c2c1C=CC3OC(C)=O. The smallest absolute Gasteiger partial charge is 0.303 e. The molecule has 25 heavy (non-hydrogen) atoms. The summed E-state index contributed by atoms with van der Waals surface area (Å²) in [6.07, 6.45) is 4.34. The van der Waals surface area contributed by atoms with Crippen molar-refractivity contribution in [3.05, 3.63) is 53.1 Å². The molecule has 2 aromatic carbocycles. The molecule has 0 bridgehead atoms. The number of hydrogen-bond acceptors (Lipinski definition) is 4. The summed E-state index contributed by atoms with van der Waals surface area (Å²) in [5, 5.41) is 7.98. The van der Waals surface area contributed by atoms with Crippen LogP contribution in [0.2, 0.25) is 0 Å². The van der Waals surface area contributed by atoms with Crippen molar-refractivity contribution in [2.24, 2.45) is 0 Å². The zero-order valence-electron chi connectivity index (χ0n) is 14.5. The molecule has 0 heterocycles. The maximum atomic E-state index is 11.6. The third-order valence-electron chi connectivity index (χ3n) is 4.30. The Bertz CT molecular complexity index is 842. The minimum Gasteiger partial charge on any atom is -0.453 e. The Hall–Kier alpha value is -2.66. The fourth-order valence-corrected chi connectivity index (χ4v) is 3.25. The van der Waals surface area contributed by atoms with Crippen molar-refractivity contribution in [2.45, 2.75) is 19.4 Å². The van der Waals surface area contributed by atoms with Gasteiger partial charge in [-0.25, -0.2) is 0 Å². The molecular formula is C20H22N2O3. The molecule has 5 heteroatoms. The van der Waals surface area contributed by atoms with Gasteiger partial charge in [-0.1, -0.05) is 36.4 Å². The van der Waals surface area contributed by atoms with Gasteiger partial charge in [-0.05, 0) is 41.4 Å². The molecule has 0 saturated carbocycles. The molecule has 0 spiro atoms. The molecule has 0 aromatic heterocycles. The molecule has 0 aliphatic heterocycles. The van der Waals surface area contributed by atoms with Crippen molar-refractivity contribution in [2.75, 3.05) is 20.1 Å². The second-order valence-corrected chi connectivity index (χ2v) is 6.10. The first-order valence-electron chi connectivity index (χ1n) is 8.41. The van der Waals surface area contributed by atoms with Gasteiger partial charge in [0.2, 0.25) is 5.91 Å². The van der Waals surface area contributed by atoms with Crippen LogP contribution >= 0.6 is 0 Å². The number of ether oxygens (including phenoxy) is 1. The number of benzene rings is 2. The lowest BCUT2D eigenvalue weighted by molar-refractivity contribution is -0.144. The number of carbonyl (C=O) groups is 2. The van der Waals surface area contributed by atoms with Gasteiger partial charge >= 0.3 is 5.97 Å². The van der Waals surface area contributed by atoms with E-state index in [4.69, 9.17) is 4.74 Å².